The number of likely N-dealkylation sites (N-methyl/N-ethyl adjacent to an activating group) is 1. The Labute approximate surface area is 123 Å². The highest BCUT2D eigenvalue weighted by molar-refractivity contribution is 7.87. The van der Waals surface area contributed by atoms with Crippen molar-refractivity contribution in [3.05, 3.63) is 0 Å². The summed E-state index contributed by atoms with van der Waals surface area (Å²) in [6.45, 7) is 3.56. The average Bonchev–Trinajstić information content (AvgIpc) is 3.24. The molecular formula is C13H28N4O2S. The van der Waals surface area contributed by atoms with Crippen molar-refractivity contribution in [1.29, 1.82) is 0 Å². The molecule has 2 aliphatic rings. The van der Waals surface area contributed by atoms with Crippen LogP contribution in [0, 0.1) is 5.92 Å². The molecule has 0 radical (unpaired) electrons. The van der Waals surface area contributed by atoms with Crippen molar-refractivity contribution in [1.82, 2.24) is 19.2 Å². The number of hydrogen-bond donors (Lipinski definition) is 2. The third-order valence-corrected chi connectivity index (χ3v) is 5.94. The molecule has 2 fully saturated rings. The number of rotatable bonds is 8. The van der Waals surface area contributed by atoms with Crippen LogP contribution in [0.15, 0.2) is 0 Å². The molecular weight excluding hydrogens is 276 g/mol. The minimum atomic E-state index is -3.29. The first-order valence-electron chi connectivity index (χ1n) is 7.62. The lowest BCUT2D eigenvalue weighted by atomic mass is 9.98. The molecule has 2 rings (SSSR count). The highest BCUT2D eigenvalue weighted by Crippen LogP contribution is 2.24. The first-order valence-corrected chi connectivity index (χ1v) is 9.06. The van der Waals surface area contributed by atoms with E-state index in [4.69, 9.17) is 0 Å². The summed E-state index contributed by atoms with van der Waals surface area (Å²) in [6, 6.07) is 0.678. The van der Waals surface area contributed by atoms with Gasteiger partial charge in [0.25, 0.3) is 10.2 Å². The second-order valence-electron chi connectivity index (χ2n) is 6.01. The zero-order chi connectivity index (χ0) is 14.6. The van der Waals surface area contributed by atoms with E-state index < -0.39 is 10.2 Å². The Balaban J connectivity index is 1.70. The maximum absolute atomic E-state index is 12.2. The van der Waals surface area contributed by atoms with E-state index in [1.807, 2.05) is 7.05 Å². The summed E-state index contributed by atoms with van der Waals surface area (Å²) in [6.07, 6.45) is 4.40. The van der Waals surface area contributed by atoms with Gasteiger partial charge < -0.3 is 10.2 Å². The lowest BCUT2D eigenvalue weighted by Crippen LogP contribution is -2.47. The molecule has 0 aromatic rings. The van der Waals surface area contributed by atoms with Crippen LogP contribution in [-0.2, 0) is 10.2 Å². The molecule has 6 nitrogen and oxygen atoms in total. The third-order valence-electron chi connectivity index (χ3n) is 4.33. The van der Waals surface area contributed by atoms with Gasteiger partial charge in [0.1, 0.15) is 0 Å². The molecule has 0 aromatic heterocycles. The summed E-state index contributed by atoms with van der Waals surface area (Å²) in [5, 5.41) is 3.17. The van der Waals surface area contributed by atoms with E-state index >= 15 is 0 Å². The van der Waals surface area contributed by atoms with E-state index in [0.29, 0.717) is 31.6 Å². The normalized spacial score (nSPS) is 22.6. The van der Waals surface area contributed by atoms with Crippen molar-refractivity contribution >= 4 is 10.2 Å². The molecule has 1 saturated carbocycles. The molecule has 1 saturated heterocycles. The predicted octanol–water partition coefficient (Wildman–Crippen LogP) is -0.154. The van der Waals surface area contributed by atoms with Crippen LogP contribution in [0.5, 0.6) is 0 Å². The highest BCUT2D eigenvalue weighted by atomic mass is 32.2. The standard InChI is InChI=1S/C13H28N4O2S/c1-14-11-12-5-8-17(9-6-12)20(18,19)15-7-10-16(2)13-3-4-13/h12-15H,3-11H2,1-2H3. The topological polar surface area (TPSA) is 64.7 Å². The molecule has 0 bridgehead atoms. The summed E-state index contributed by atoms with van der Waals surface area (Å²) >= 11 is 0. The summed E-state index contributed by atoms with van der Waals surface area (Å²) in [4.78, 5) is 2.24. The van der Waals surface area contributed by atoms with Crippen molar-refractivity contribution in [3.8, 4) is 0 Å². The molecule has 1 aliphatic heterocycles. The lowest BCUT2D eigenvalue weighted by molar-refractivity contribution is 0.266. The first-order chi connectivity index (χ1) is 9.53. The van der Waals surface area contributed by atoms with Gasteiger partial charge in [-0.05, 0) is 52.2 Å². The molecule has 2 N–H and O–H groups in total. The van der Waals surface area contributed by atoms with E-state index in [-0.39, 0.29) is 0 Å². The van der Waals surface area contributed by atoms with Gasteiger partial charge in [0.2, 0.25) is 0 Å². The van der Waals surface area contributed by atoms with Gasteiger partial charge >= 0.3 is 0 Å². The fourth-order valence-electron chi connectivity index (χ4n) is 2.78. The van der Waals surface area contributed by atoms with Gasteiger partial charge in [0.05, 0.1) is 0 Å². The largest absolute Gasteiger partial charge is 0.319 e. The molecule has 20 heavy (non-hydrogen) atoms. The number of piperidine rings is 1. The Morgan fingerprint density at radius 1 is 1.20 bits per heavy atom. The Hall–Kier alpha value is -0.210. The molecule has 1 aliphatic carbocycles. The maximum atomic E-state index is 12.2. The van der Waals surface area contributed by atoms with E-state index in [1.165, 1.54) is 12.8 Å². The minimum Gasteiger partial charge on any atom is -0.319 e. The van der Waals surface area contributed by atoms with Crippen LogP contribution < -0.4 is 10.0 Å². The zero-order valence-corrected chi connectivity index (χ0v) is 13.5. The molecule has 0 aromatic carbocycles. The fraction of sp³-hybridized carbons (Fsp3) is 1.00. The zero-order valence-electron chi connectivity index (χ0n) is 12.6. The summed E-state index contributed by atoms with van der Waals surface area (Å²) in [5.41, 5.74) is 0. The van der Waals surface area contributed by atoms with Gasteiger partial charge in [-0.2, -0.15) is 12.7 Å². The van der Waals surface area contributed by atoms with E-state index in [2.05, 4.69) is 22.0 Å². The fourth-order valence-corrected chi connectivity index (χ4v) is 4.01. The molecule has 7 heteroatoms. The summed E-state index contributed by atoms with van der Waals surface area (Å²) in [5.74, 6) is 0.604. The molecule has 0 unspecified atom stereocenters. The molecule has 0 amide bonds. The average molecular weight is 304 g/mol. The number of nitrogens with zero attached hydrogens (tertiary/aromatic N) is 2. The monoisotopic (exact) mass is 304 g/mol. The van der Waals surface area contributed by atoms with Crippen molar-refractivity contribution < 1.29 is 8.42 Å². The van der Waals surface area contributed by atoms with Gasteiger partial charge in [-0.25, -0.2) is 4.72 Å². The van der Waals surface area contributed by atoms with Crippen molar-refractivity contribution in [3.63, 3.8) is 0 Å². The van der Waals surface area contributed by atoms with Crippen LogP contribution in [0.1, 0.15) is 25.7 Å². The van der Waals surface area contributed by atoms with Crippen LogP contribution in [0.4, 0.5) is 0 Å². The Morgan fingerprint density at radius 2 is 1.85 bits per heavy atom. The molecule has 118 valence electrons. The third kappa shape index (κ3) is 4.66. The second-order valence-corrected chi connectivity index (χ2v) is 7.77. The second kappa shape index (κ2) is 7.17. The number of hydrogen-bond acceptors (Lipinski definition) is 4. The lowest BCUT2D eigenvalue weighted by Gasteiger charge is -2.31. The minimum absolute atomic E-state index is 0.506. The van der Waals surface area contributed by atoms with Crippen molar-refractivity contribution in [2.75, 3.05) is 46.8 Å². The van der Waals surface area contributed by atoms with Gasteiger partial charge in [-0.3, -0.25) is 0 Å². The smallest absolute Gasteiger partial charge is 0.279 e. The van der Waals surface area contributed by atoms with Crippen LogP contribution >= 0.6 is 0 Å². The van der Waals surface area contributed by atoms with Gasteiger partial charge in [0, 0.05) is 32.2 Å². The summed E-state index contributed by atoms with van der Waals surface area (Å²) < 4.78 is 28.7. The Bertz CT molecular complexity index is 389. The molecule has 0 atom stereocenters. The molecule has 0 spiro atoms. The van der Waals surface area contributed by atoms with E-state index in [0.717, 1.165) is 25.9 Å². The first kappa shape index (κ1) is 16.2. The van der Waals surface area contributed by atoms with Gasteiger partial charge in [0.15, 0.2) is 0 Å². The predicted molar refractivity (Wildman–Crippen MR) is 80.8 cm³/mol. The summed E-state index contributed by atoms with van der Waals surface area (Å²) in [7, 11) is 0.724. The Morgan fingerprint density at radius 3 is 2.40 bits per heavy atom. The van der Waals surface area contributed by atoms with Crippen molar-refractivity contribution in [2.45, 2.75) is 31.7 Å². The van der Waals surface area contributed by atoms with Crippen LogP contribution in [0.25, 0.3) is 0 Å². The van der Waals surface area contributed by atoms with E-state index in [9.17, 15) is 8.42 Å². The van der Waals surface area contributed by atoms with Crippen LogP contribution in [0.2, 0.25) is 0 Å². The van der Waals surface area contributed by atoms with Crippen molar-refractivity contribution in [2.24, 2.45) is 5.92 Å². The highest BCUT2D eigenvalue weighted by Gasteiger charge is 2.28. The SMILES string of the molecule is CNCC1CCN(S(=O)(=O)NCCN(C)C2CC2)CC1. The van der Waals surface area contributed by atoms with Gasteiger partial charge in [-0.15, -0.1) is 0 Å². The molecule has 1 heterocycles. The van der Waals surface area contributed by atoms with Crippen LogP contribution in [0.3, 0.4) is 0 Å². The Kier molecular flexibility index (Phi) is 5.80. The van der Waals surface area contributed by atoms with Crippen LogP contribution in [-0.4, -0.2) is 70.5 Å². The van der Waals surface area contributed by atoms with Gasteiger partial charge in [-0.1, -0.05) is 0 Å². The maximum Gasteiger partial charge on any atom is 0.279 e. The van der Waals surface area contributed by atoms with E-state index in [1.54, 1.807) is 4.31 Å². The number of nitrogens with one attached hydrogen (secondary N) is 2. The quantitative estimate of drug-likeness (QED) is 0.654.